The monoisotopic (exact) mass is 261 g/mol. The quantitative estimate of drug-likeness (QED) is 0.806. The van der Waals surface area contributed by atoms with Crippen LogP contribution < -0.4 is 10.5 Å². The first-order valence-electron chi connectivity index (χ1n) is 4.92. The van der Waals surface area contributed by atoms with Crippen molar-refractivity contribution in [1.82, 2.24) is 0 Å². The number of aliphatic carboxylic acids is 1. The standard InChI is InChI=1S/C11H12FNO3.ClH/c1-6-5-11(13,10(14)15)8-4-7(12)2-3-9(8)16-6;/h2-4,6H,5,13H2,1H3,(H,14,15);1H/t6-,11?;/m1./s1. The third-order valence-electron chi connectivity index (χ3n) is 2.74. The maximum atomic E-state index is 13.1. The number of carbonyl (C=O) groups is 1. The number of rotatable bonds is 1. The van der Waals surface area contributed by atoms with E-state index < -0.39 is 17.3 Å². The van der Waals surface area contributed by atoms with Crippen LogP contribution in [0.15, 0.2) is 18.2 Å². The second kappa shape index (κ2) is 4.50. The van der Waals surface area contributed by atoms with E-state index in [0.29, 0.717) is 5.75 Å². The largest absolute Gasteiger partial charge is 0.490 e. The number of nitrogens with two attached hydrogens (primary N) is 1. The molecule has 0 aromatic heterocycles. The fourth-order valence-electron chi connectivity index (χ4n) is 1.98. The first-order chi connectivity index (χ1) is 7.43. The number of hydrogen-bond acceptors (Lipinski definition) is 3. The molecule has 2 rings (SSSR count). The maximum Gasteiger partial charge on any atom is 0.328 e. The Hall–Kier alpha value is -1.33. The zero-order chi connectivity index (χ0) is 11.9. The molecule has 1 aliphatic rings. The lowest BCUT2D eigenvalue weighted by molar-refractivity contribution is -0.145. The van der Waals surface area contributed by atoms with Crippen molar-refractivity contribution in [3.05, 3.63) is 29.6 Å². The SMILES string of the molecule is C[C@@H]1CC(N)(C(=O)O)c2cc(F)ccc2O1.Cl. The molecular formula is C11H13ClFNO3. The van der Waals surface area contributed by atoms with Crippen molar-refractivity contribution < 1.29 is 19.0 Å². The zero-order valence-corrected chi connectivity index (χ0v) is 9.96. The third-order valence-corrected chi connectivity index (χ3v) is 2.74. The van der Waals surface area contributed by atoms with Gasteiger partial charge in [0.05, 0.1) is 6.10 Å². The molecule has 1 aromatic rings. The van der Waals surface area contributed by atoms with Crippen molar-refractivity contribution in [2.75, 3.05) is 0 Å². The first-order valence-corrected chi connectivity index (χ1v) is 4.92. The van der Waals surface area contributed by atoms with Gasteiger partial charge >= 0.3 is 5.97 Å². The average molecular weight is 262 g/mol. The topological polar surface area (TPSA) is 72.6 Å². The van der Waals surface area contributed by atoms with Crippen LogP contribution in [-0.4, -0.2) is 17.2 Å². The second-order valence-electron chi connectivity index (χ2n) is 4.05. The minimum absolute atomic E-state index is 0. The predicted octanol–water partition coefficient (Wildman–Crippen LogP) is 1.66. The number of benzene rings is 1. The number of ether oxygens (including phenoxy) is 1. The summed E-state index contributed by atoms with van der Waals surface area (Å²) in [6, 6.07) is 3.75. The molecule has 0 amide bonds. The Morgan fingerprint density at radius 3 is 2.88 bits per heavy atom. The third kappa shape index (κ3) is 2.21. The van der Waals surface area contributed by atoms with E-state index in [4.69, 9.17) is 15.6 Å². The van der Waals surface area contributed by atoms with Crippen LogP contribution in [0.1, 0.15) is 18.9 Å². The van der Waals surface area contributed by atoms with E-state index in [2.05, 4.69) is 0 Å². The lowest BCUT2D eigenvalue weighted by atomic mass is 9.83. The molecule has 6 heteroatoms. The summed E-state index contributed by atoms with van der Waals surface area (Å²) in [6.07, 6.45) is -0.183. The Labute approximate surface area is 104 Å². The number of carboxylic acid groups (broad SMARTS) is 1. The molecular weight excluding hydrogens is 249 g/mol. The molecule has 0 spiro atoms. The molecule has 94 valence electrons. The smallest absolute Gasteiger partial charge is 0.328 e. The summed E-state index contributed by atoms with van der Waals surface area (Å²) in [5.41, 5.74) is 4.44. The van der Waals surface area contributed by atoms with Crippen molar-refractivity contribution in [1.29, 1.82) is 0 Å². The normalized spacial score (nSPS) is 26.4. The van der Waals surface area contributed by atoms with Crippen LogP contribution in [0.2, 0.25) is 0 Å². The second-order valence-corrected chi connectivity index (χ2v) is 4.05. The average Bonchev–Trinajstić information content (AvgIpc) is 2.19. The Morgan fingerprint density at radius 2 is 2.29 bits per heavy atom. The summed E-state index contributed by atoms with van der Waals surface area (Å²) in [7, 11) is 0. The van der Waals surface area contributed by atoms with Crippen LogP contribution in [0.3, 0.4) is 0 Å². The highest BCUT2D eigenvalue weighted by molar-refractivity contribution is 5.85. The molecule has 3 N–H and O–H groups in total. The van der Waals surface area contributed by atoms with Crippen LogP contribution in [0.25, 0.3) is 0 Å². The van der Waals surface area contributed by atoms with Crippen molar-refractivity contribution in [2.24, 2.45) is 5.73 Å². The molecule has 0 saturated carbocycles. The number of fused-ring (bicyclic) bond motifs is 1. The lowest BCUT2D eigenvalue weighted by Gasteiger charge is -2.35. The van der Waals surface area contributed by atoms with Gasteiger partial charge in [-0.3, -0.25) is 0 Å². The summed E-state index contributed by atoms with van der Waals surface area (Å²) in [6.45, 7) is 1.73. The summed E-state index contributed by atoms with van der Waals surface area (Å²) < 4.78 is 18.5. The van der Waals surface area contributed by atoms with Crippen molar-refractivity contribution in [3.63, 3.8) is 0 Å². The fraction of sp³-hybridized carbons (Fsp3) is 0.364. The van der Waals surface area contributed by atoms with Gasteiger partial charge in [0.25, 0.3) is 0 Å². The van der Waals surface area contributed by atoms with Gasteiger partial charge in [0, 0.05) is 12.0 Å². The van der Waals surface area contributed by atoms with Crippen molar-refractivity contribution in [2.45, 2.75) is 25.0 Å². The van der Waals surface area contributed by atoms with Gasteiger partial charge in [-0.25, -0.2) is 9.18 Å². The molecule has 0 bridgehead atoms. The van der Waals surface area contributed by atoms with Gasteiger partial charge in [-0.15, -0.1) is 12.4 Å². The number of halogens is 2. The van der Waals surface area contributed by atoms with E-state index in [1.807, 2.05) is 0 Å². The van der Waals surface area contributed by atoms with Gasteiger partial charge < -0.3 is 15.6 Å². The first kappa shape index (κ1) is 13.7. The molecule has 0 radical (unpaired) electrons. The molecule has 1 heterocycles. The number of hydrogen-bond donors (Lipinski definition) is 2. The summed E-state index contributed by atoms with van der Waals surface area (Å²) in [5.74, 6) is -1.35. The minimum Gasteiger partial charge on any atom is -0.490 e. The van der Waals surface area contributed by atoms with Gasteiger partial charge in [-0.1, -0.05) is 0 Å². The predicted molar refractivity (Wildman–Crippen MR) is 61.9 cm³/mol. The molecule has 2 atom stereocenters. The fourth-order valence-corrected chi connectivity index (χ4v) is 1.98. The highest BCUT2D eigenvalue weighted by Gasteiger charge is 2.43. The zero-order valence-electron chi connectivity index (χ0n) is 9.14. The van der Waals surface area contributed by atoms with Crippen LogP contribution in [0, 0.1) is 5.82 Å². The van der Waals surface area contributed by atoms with Gasteiger partial charge in [0.15, 0.2) is 0 Å². The van der Waals surface area contributed by atoms with Gasteiger partial charge in [-0.05, 0) is 25.1 Å². The summed E-state index contributed by atoms with van der Waals surface area (Å²) in [4.78, 5) is 11.2. The Morgan fingerprint density at radius 1 is 1.65 bits per heavy atom. The molecule has 0 fully saturated rings. The molecule has 0 saturated heterocycles. The minimum atomic E-state index is -1.57. The van der Waals surface area contributed by atoms with Crippen molar-refractivity contribution >= 4 is 18.4 Å². The van der Waals surface area contributed by atoms with Gasteiger partial charge in [0.1, 0.15) is 17.1 Å². The molecule has 4 nitrogen and oxygen atoms in total. The van der Waals surface area contributed by atoms with Crippen LogP contribution in [-0.2, 0) is 10.3 Å². The van der Waals surface area contributed by atoms with E-state index in [1.165, 1.54) is 12.1 Å². The van der Waals surface area contributed by atoms with E-state index in [9.17, 15) is 9.18 Å². The van der Waals surface area contributed by atoms with Crippen LogP contribution in [0.4, 0.5) is 4.39 Å². The van der Waals surface area contributed by atoms with E-state index in [-0.39, 0.29) is 30.5 Å². The van der Waals surface area contributed by atoms with E-state index >= 15 is 0 Å². The summed E-state index contributed by atoms with van der Waals surface area (Å²) in [5, 5.41) is 9.15. The number of carboxylic acids is 1. The Bertz CT molecular complexity index is 454. The van der Waals surface area contributed by atoms with Crippen LogP contribution >= 0.6 is 12.4 Å². The summed E-state index contributed by atoms with van der Waals surface area (Å²) >= 11 is 0. The Balaban J connectivity index is 0.00000144. The van der Waals surface area contributed by atoms with E-state index in [1.54, 1.807) is 6.92 Å². The molecule has 17 heavy (non-hydrogen) atoms. The van der Waals surface area contributed by atoms with E-state index in [0.717, 1.165) is 6.07 Å². The van der Waals surface area contributed by atoms with Gasteiger partial charge in [-0.2, -0.15) is 0 Å². The van der Waals surface area contributed by atoms with Crippen molar-refractivity contribution in [3.8, 4) is 5.75 Å². The maximum absolute atomic E-state index is 13.1. The van der Waals surface area contributed by atoms with Crippen LogP contribution in [0.5, 0.6) is 5.75 Å². The van der Waals surface area contributed by atoms with Gasteiger partial charge in [0.2, 0.25) is 0 Å². The molecule has 1 aromatic carbocycles. The molecule has 1 unspecified atom stereocenters. The Kier molecular flexibility index (Phi) is 3.64. The molecule has 0 aliphatic carbocycles. The highest BCUT2D eigenvalue weighted by Crippen LogP contribution is 2.38. The highest BCUT2D eigenvalue weighted by atomic mass is 35.5. The molecule has 1 aliphatic heterocycles. The lowest BCUT2D eigenvalue weighted by Crippen LogP contribution is -2.50.